The molecule has 0 fully saturated rings. The van der Waals surface area contributed by atoms with E-state index in [0.717, 1.165) is 11.5 Å². The molecule has 0 aliphatic carbocycles. The highest BCUT2D eigenvalue weighted by Crippen LogP contribution is 2.12. The van der Waals surface area contributed by atoms with Crippen molar-refractivity contribution in [2.75, 3.05) is 11.9 Å². The molecule has 1 aromatic carbocycles. The van der Waals surface area contributed by atoms with Crippen molar-refractivity contribution < 1.29 is 4.39 Å². The van der Waals surface area contributed by atoms with Crippen LogP contribution in [0.5, 0.6) is 0 Å². The van der Waals surface area contributed by atoms with Gasteiger partial charge in [-0.15, -0.1) is 5.10 Å². The van der Waals surface area contributed by atoms with E-state index in [0.29, 0.717) is 11.3 Å². The number of benzene rings is 1. The molecule has 0 amide bonds. The van der Waals surface area contributed by atoms with Crippen LogP contribution in [0.2, 0.25) is 0 Å². The number of hydrogen-bond donors (Lipinski definition) is 1. The SMILES string of the molecule is CN(Cc1cccc(F)c1)c1n[nH]c(=S)n1C. The molecule has 1 heterocycles. The molecule has 0 unspecified atom stereocenters. The summed E-state index contributed by atoms with van der Waals surface area (Å²) in [5.41, 5.74) is 0.890. The average Bonchev–Trinajstić information content (AvgIpc) is 2.60. The van der Waals surface area contributed by atoms with E-state index in [1.165, 1.54) is 12.1 Å². The lowest BCUT2D eigenvalue weighted by atomic mass is 10.2. The molecule has 90 valence electrons. The zero-order valence-corrected chi connectivity index (χ0v) is 10.5. The van der Waals surface area contributed by atoms with Gasteiger partial charge in [-0.1, -0.05) is 12.1 Å². The van der Waals surface area contributed by atoms with Gasteiger partial charge in [-0.05, 0) is 29.9 Å². The number of nitrogens with one attached hydrogen (secondary N) is 1. The number of hydrogen-bond acceptors (Lipinski definition) is 3. The Morgan fingerprint density at radius 1 is 1.53 bits per heavy atom. The zero-order valence-electron chi connectivity index (χ0n) is 9.64. The summed E-state index contributed by atoms with van der Waals surface area (Å²) in [5.74, 6) is 0.491. The lowest BCUT2D eigenvalue weighted by Crippen LogP contribution is -2.20. The fourth-order valence-corrected chi connectivity index (χ4v) is 1.79. The fraction of sp³-hybridized carbons (Fsp3) is 0.273. The van der Waals surface area contributed by atoms with Crippen LogP contribution in [0, 0.1) is 10.6 Å². The van der Waals surface area contributed by atoms with Crippen LogP contribution in [0.1, 0.15) is 5.56 Å². The molecule has 0 aliphatic heterocycles. The van der Waals surface area contributed by atoms with E-state index in [2.05, 4.69) is 10.2 Å². The predicted octanol–water partition coefficient (Wildman–Crippen LogP) is 2.25. The van der Waals surface area contributed by atoms with Crippen LogP contribution in [-0.4, -0.2) is 21.8 Å². The number of halogens is 1. The Morgan fingerprint density at radius 2 is 2.29 bits per heavy atom. The van der Waals surface area contributed by atoms with Crippen LogP contribution < -0.4 is 4.90 Å². The summed E-state index contributed by atoms with van der Waals surface area (Å²) in [6.45, 7) is 0.575. The third kappa shape index (κ3) is 2.52. The molecule has 1 N–H and O–H groups in total. The summed E-state index contributed by atoms with van der Waals surface area (Å²) in [6.07, 6.45) is 0. The van der Waals surface area contributed by atoms with Crippen molar-refractivity contribution in [2.45, 2.75) is 6.54 Å². The van der Waals surface area contributed by atoms with Gasteiger partial charge >= 0.3 is 0 Å². The van der Waals surface area contributed by atoms with Crippen LogP contribution in [0.4, 0.5) is 10.3 Å². The van der Waals surface area contributed by atoms with Crippen LogP contribution >= 0.6 is 12.2 Å². The molecule has 0 atom stereocenters. The van der Waals surface area contributed by atoms with Gasteiger partial charge in [-0.3, -0.25) is 4.57 Å². The first-order chi connectivity index (χ1) is 8.08. The normalized spacial score (nSPS) is 10.5. The van der Waals surface area contributed by atoms with Gasteiger partial charge in [0.15, 0.2) is 4.77 Å². The molecule has 0 radical (unpaired) electrons. The number of H-pyrrole nitrogens is 1. The largest absolute Gasteiger partial charge is 0.340 e. The van der Waals surface area contributed by atoms with Crippen molar-refractivity contribution >= 4 is 18.2 Å². The second kappa shape index (κ2) is 4.67. The summed E-state index contributed by atoms with van der Waals surface area (Å²) in [7, 11) is 3.72. The highest BCUT2D eigenvalue weighted by Gasteiger charge is 2.08. The smallest absolute Gasteiger partial charge is 0.225 e. The molecule has 0 saturated heterocycles. The van der Waals surface area contributed by atoms with Crippen molar-refractivity contribution in [3.05, 3.63) is 40.4 Å². The third-order valence-electron chi connectivity index (χ3n) is 2.51. The molecule has 2 rings (SSSR count). The Kier molecular flexibility index (Phi) is 3.23. The van der Waals surface area contributed by atoms with Gasteiger partial charge in [0.25, 0.3) is 0 Å². The molecule has 0 bridgehead atoms. The van der Waals surface area contributed by atoms with E-state index in [1.807, 2.05) is 25.1 Å². The summed E-state index contributed by atoms with van der Waals surface area (Å²) >= 11 is 5.04. The fourth-order valence-electron chi connectivity index (χ4n) is 1.66. The van der Waals surface area contributed by atoms with E-state index in [9.17, 15) is 4.39 Å². The molecule has 1 aromatic heterocycles. The van der Waals surface area contributed by atoms with Crippen LogP contribution in [0.25, 0.3) is 0 Å². The molecular weight excluding hydrogens is 239 g/mol. The van der Waals surface area contributed by atoms with E-state index in [-0.39, 0.29) is 5.82 Å². The number of aromatic amines is 1. The summed E-state index contributed by atoms with van der Waals surface area (Å²) in [5, 5.41) is 6.83. The number of anilines is 1. The minimum absolute atomic E-state index is 0.230. The zero-order chi connectivity index (χ0) is 12.4. The minimum Gasteiger partial charge on any atom is -0.340 e. The number of nitrogens with zero attached hydrogens (tertiary/aromatic N) is 3. The van der Waals surface area contributed by atoms with Gasteiger partial charge in [-0.2, -0.15) is 0 Å². The summed E-state index contributed by atoms with van der Waals surface area (Å²) in [4.78, 5) is 1.90. The van der Waals surface area contributed by atoms with E-state index < -0.39 is 0 Å². The number of aromatic nitrogens is 3. The Balaban J connectivity index is 2.20. The Hall–Kier alpha value is -1.69. The van der Waals surface area contributed by atoms with Crippen LogP contribution in [0.15, 0.2) is 24.3 Å². The topological polar surface area (TPSA) is 36.9 Å². The molecule has 17 heavy (non-hydrogen) atoms. The second-order valence-electron chi connectivity index (χ2n) is 3.87. The van der Waals surface area contributed by atoms with Crippen LogP contribution in [-0.2, 0) is 13.6 Å². The lowest BCUT2D eigenvalue weighted by Gasteiger charge is -2.17. The van der Waals surface area contributed by atoms with Gasteiger partial charge in [0, 0.05) is 20.6 Å². The maximum Gasteiger partial charge on any atom is 0.225 e. The van der Waals surface area contributed by atoms with E-state index in [4.69, 9.17) is 12.2 Å². The molecule has 2 aromatic rings. The second-order valence-corrected chi connectivity index (χ2v) is 4.26. The summed E-state index contributed by atoms with van der Waals surface area (Å²) < 4.78 is 15.4. The van der Waals surface area contributed by atoms with E-state index in [1.54, 1.807) is 10.6 Å². The van der Waals surface area contributed by atoms with Crippen molar-refractivity contribution in [3.8, 4) is 0 Å². The van der Waals surface area contributed by atoms with Gasteiger partial charge in [0.1, 0.15) is 5.82 Å². The first kappa shape index (κ1) is 11.8. The number of rotatable bonds is 3. The Labute approximate surface area is 104 Å². The van der Waals surface area contributed by atoms with Crippen molar-refractivity contribution in [1.82, 2.24) is 14.8 Å². The van der Waals surface area contributed by atoms with E-state index >= 15 is 0 Å². The van der Waals surface area contributed by atoms with Crippen LogP contribution in [0.3, 0.4) is 0 Å². The van der Waals surface area contributed by atoms with Crippen molar-refractivity contribution in [3.63, 3.8) is 0 Å². The molecule has 0 aliphatic rings. The molecule has 4 nitrogen and oxygen atoms in total. The summed E-state index contributed by atoms with van der Waals surface area (Å²) in [6, 6.07) is 6.51. The van der Waals surface area contributed by atoms with Gasteiger partial charge in [0.2, 0.25) is 5.95 Å². The lowest BCUT2D eigenvalue weighted by molar-refractivity contribution is 0.624. The quantitative estimate of drug-likeness (QED) is 0.851. The van der Waals surface area contributed by atoms with Gasteiger partial charge < -0.3 is 4.90 Å². The monoisotopic (exact) mass is 252 g/mol. The molecule has 6 heteroatoms. The Morgan fingerprint density at radius 3 is 2.88 bits per heavy atom. The molecular formula is C11H13FN4S. The Bertz CT molecular complexity index is 575. The predicted molar refractivity (Wildman–Crippen MR) is 66.9 cm³/mol. The third-order valence-corrected chi connectivity index (χ3v) is 2.87. The maximum absolute atomic E-state index is 13.0. The van der Waals surface area contributed by atoms with Gasteiger partial charge in [-0.25, -0.2) is 9.49 Å². The first-order valence-electron chi connectivity index (χ1n) is 5.15. The minimum atomic E-state index is -0.230. The van der Waals surface area contributed by atoms with Gasteiger partial charge in [0.05, 0.1) is 0 Å². The first-order valence-corrected chi connectivity index (χ1v) is 5.55. The maximum atomic E-state index is 13.0. The van der Waals surface area contributed by atoms with Crippen molar-refractivity contribution in [1.29, 1.82) is 0 Å². The standard InChI is InChI=1S/C11H13FN4S/c1-15(10-13-14-11(17)16(10)2)7-8-4-3-5-9(12)6-8/h3-6H,7H2,1-2H3,(H,14,17). The molecule has 0 saturated carbocycles. The average molecular weight is 252 g/mol. The molecule has 0 spiro atoms. The highest BCUT2D eigenvalue weighted by atomic mass is 32.1. The highest BCUT2D eigenvalue weighted by molar-refractivity contribution is 7.71. The van der Waals surface area contributed by atoms with Crippen molar-refractivity contribution in [2.24, 2.45) is 7.05 Å².